The van der Waals surface area contributed by atoms with Gasteiger partial charge in [0.1, 0.15) is 0 Å². The van der Waals surface area contributed by atoms with Gasteiger partial charge >= 0.3 is 6.03 Å². The topological polar surface area (TPSA) is 76.3 Å². The van der Waals surface area contributed by atoms with Gasteiger partial charge in [-0.15, -0.1) is 0 Å². The zero-order chi connectivity index (χ0) is 26.6. The third-order valence-electron chi connectivity index (χ3n) is 7.43. The molecule has 8 nitrogen and oxygen atoms in total. The number of carbonyl (C=O) groups is 2. The minimum atomic E-state index is -0.0682. The van der Waals surface area contributed by atoms with Gasteiger partial charge in [0.05, 0.1) is 12.4 Å². The Labute approximate surface area is 223 Å². The van der Waals surface area contributed by atoms with E-state index in [4.69, 9.17) is 0 Å². The van der Waals surface area contributed by atoms with E-state index in [0.29, 0.717) is 25.9 Å². The Hall–Kier alpha value is -4.20. The van der Waals surface area contributed by atoms with Crippen molar-refractivity contribution < 1.29 is 9.59 Å². The fraction of sp³-hybridized carbons (Fsp3) is 0.333. The van der Waals surface area contributed by atoms with Crippen LogP contribution in [0.5, 0.6) is 0 Å². The second-order valence-electron chi connectivity index (χ2n) is 9.76. The minimum Gasteiger partial charge on any atom is -0.324 e. The molecule has 8 heteroatoms. The molecule has 0 unspecified atom stereocenters. The Morgan fingerprint density at radius 1 is 0.789 bits per heavy atom. The Kier molecular flexibility index (Phi) is 7.40. The van der Waals surface area contributed by atoms with Crippen LogP contribution in [0.3, 0.4) is 0 Å². The first-order valence-corrected chi connectivity index (χ1v) is 13.3. The van der Waals surface area contributed by atoms with Gasteiger partial charge in [-0.05, 0) is 49.9 Å². The summed E-state index contributed by atoms with van der Waals surface area (Å²) in [6.45, 7) is 6.91. The molecule has 38 heavy (non-hydrogen) atoms. The molecule has 0 spiro atoms. The van der Waals surface area contributed by atoms with Crippen LogP contribution in [-0.4, -0.2) is 56.4 Å². The molecule has 1 saturated heterocycles. The summed E-state index contributed by atoms with van der Waals surface area (Å²) in [6, 6.07) is 15.7. The largest absolute Gasteiger partial charge is 0.324 e. The number of amides is 2. The van der Waals surface area contributed by atoms with E-state index in [0.717, 1.165) is 46.6 Å². The first-order chi connectivity index (χ1) is 18.5. The fourth-order valence-electron chi connectivity index (χ4n) is 4.97. The highest BCUT2D eigenvalue weighted by atomic mass is 16.2. The maximum Gasteiger partial charge on any atom is 0.324 e. The summed E-state index contributed by atoms with van der Waals surface area (Å²) in [7, 11) is 1.80. The van der Waals surface area contributed by atoms with Crippen LogP contribution in [-0.2, 0) is 13.1 Å². The molecule has 2 amide bonds. The zero-order valence-corrected chi connectivity index (χ0v) is 22.2. The van der Waals surface area contributed by atoms with Gasteiger partial charge in [-0.2, -0.15) is 10.2 Å². The number of urea groups is 1. The van der Waals surface area contributed by atoms with Crippen LogP contribution >= 0.6 is 0 Å². The van der Waals surface area contributed by atoms with Crippen molar-refractivity contribution >= 4 is 17.5 Å². The number of likely N-dealkylation sites (tertiary alicyclic amines) is 1. The monoisotopic (exact) mass is 510 g/mol. The van der Waals surface area contributed by atoms with Crippen molar-refractivity contribution in [3.05, 3.63) is 78.9 Å². The van der Waals surface area contributed by atoms with E-state index in [1.54, 1.807) is 11.9 Å². The molecular weight excluding hydrogens is 476 g/mol. The van der Waals surface area contributed by atoms with Crippen molar-refractivity contribution in [2.24, 2.45) is 5.92 Å². The summed E-state index contributed by atoms with van der Waals surface area (Å²) in [5, 5.41) is 8.66. The summed E-state index contributed by atoms with van der Waals surface area (Å²) in [5.74, 6) is 0.0876. The summed E-state index contributed by atoms with van der Waals surface area (Å²) in [6.07, 6.45) is 9.07. The number of Topliss-reactive ketones (excluding diaryl/α,β-unsaturated/α-hetero) is 1. The molecule has 196 valence electrons. The molecular formula is C30H34N6O2. The molecule has 0 aliphatic carbocycles. The number of aryl methyl sites for hydroxylation is 2. The van der Waals surface area contributed by atoms with Gasteiger partial charge in [0.15, 0.2) is 5.78 Å². The predicted molar refractivity (Wildman–Crippen MR) is 149 cm³/mol. The summed E-state index contributed by atoms with van der Waals surface area (Å²) in [4.78, 5) is 29.9. The molecule has 0 atom stereocenters. The zero-order valence-electron chi connectivity index (χ0n) is 22.2. The number of piperidine rings is 1. The van der Waals surface area contributed by atoms with Crippen molar-refractivity contribution in [1.29, 1.82) is 0 Å². The van der Waals surface area contributed by atoms with Crippen LogP contribution in [0.15, 0.2) is 73.3 Å². The molecule has 0 radical (unpaired) electrons. The van der Waals surface area contributed by atoms with Crippen LogP contribution in [0.2, 0.25) is 0 Å². The van der Waals surface area contributed by atoms with Crippen LogP contribution in [0.25, 0.3) is 22.3 Å². The quantitative estimate of drug-likeness (QED) is 0.303. The number of aromatic nitrogens is 4. The Morgan fingerprint density at radius 3 is 1.76 bits per heavy atom. The van der Waals surface area contributed by atoms with Crippen molar-refractivity contribution in [2.45, 2.75) is 39.8 Å². The molecule has 0 saturated carbocycles. The van der Waals surface area contributed by atoms with Crippen LogP contribution in [0.4, 0.5) is 10.5 Å². The molecule has 2 aromatic heterocycles. The lowest BCUT2D eigenvalue weighted by molar-refractivity contribution is 0.0857. The highest BCUT2D eigenvalue weighted by Gasteiger charge is 2.29. The first kappa shape index (κ1) is 25.4. The molecule has 2 aromatic carbocycles. The molecule has 1 fully saturated rings. The number of benzene rings is 2. The average Bonchev–Trinajstić information content (AvgIpc) is 3.66. The average molecular weight is 511 g/mol. The molecule has 4 aromatic rings. The molecule has 3 heterocycles. The van der Waals surface area contributed by atoms with Crippen molar-refractivity contribution in [3.63, 3.8) is 0 Å². The lowest BCUT2D eigenvalue weighted by Crippen LogP contribution is -2.46. The second kappa shape index (κ2) is 11.0. The van der Waals surface area contributed by atoms with E-state index < -0.39 is 0 Å². The third kappa shape index (κ3) is 5.25. The number of carbonyl (C=O) groups excluding carboxylic acids is 2. The van der Waals surface area contributed by atoms with E-state index in [2.05, 4.69) is 24.0 Å². The van der Waals surface area contributed by atoms with Gasteiger partial charge in [-0.1, -0.05) is 36.4 Å². The number of nitrogens with zero attached hydrogens (tertiary/aromatic N) is 6. The predicted octanol–water partition coefficient (Wildman–Crippen LogP) is 5.60. The number of hydrogen-bond acceptors (Lipinski definition) is 4. The van der Waals surface area contributed by atoms with Crippen molar-refractivity contribution in [1.82, 2.24) is 24.5 Å². The summed E-state index contributed by atoms with van der Waals surface area (Å²) in [5.41, 5.74) is 5.78. The summed E-state index contributed by atoms with van der Waals surface area (Å²) >= 11 is 0. The highest BCUT2D eigenvalue weighted by molar-refractivity contribution is 5.98. The number of hydrogen-bond donors (Lipinski definition) is 0. The number of rotatable bonds is 7. The molecule has 1 aliphatic heterocycles. The molecule has 1 aliphatic rings. The van der Waals surface area contributed by atoms with Gasteiger partial charge in [0.25, 0.3) is 0 Å². The van der Waals surface area contributed by atoms with E-state index in [1.165, 1.54) is 0 Å². The number of ketones is 1. The van der Waals surface area contributed by atoms with E-state index in [9.17, 15) is 9.59 Å². The summed E-state index contributed by atoms with van der Waals surface area (Å²) < 4.78 is 3.78. The molecule has 0 bridgehead atoms. The first-order valence-electron chi connectivity index (χ1n) is 13.3. The SMILES string of the molecule is CCn1cc(-c2ccc(C(=O)C3CCN(C(=O)N(C)c4ccc(-c5cnn(CC)c5)cc4)CC3)cc2)cn1. The lowest BCUT2D eigenvalue weighted by atomic mass is 9.88. The normalized spacial score (nSPS) is 14.0. The van der Waals surface area contributed by atoms with Crippen LogP contribution < -0.4 is 4.90 Å². The minimum absolute atomic E-state index is 0.0422. The maximum absolute atomic E-state index is 13.2. The molecule has 5 rings (SSSR count). The van der Waals surface area contributed by atoms with Gasteiger partial charge < -0.3 is 4.90 Å². The van der Waals surface area contributed by atoms with Crippen molar-refractivity contribution in [3.8, 4) is 22.3 Å². The maximum atomic E-state index is 13.2. The van der Waals surface area contributed by atoms with E-state index in [1.807, 2.05) is 87.6 Å². The van der Waals surface area contributed by atoms with Gasteiger partial charge in [0, 0.05) is 73.9 Å². The Morgan fingerprint density at radius 2 is 1.29 bits per heavy atom. The van der Waals surface area contributed by atoms with Crippen LogP contribution in [0.1, 0.15) is 37.0 Å². The standard InChI is InChI=1S/C30H34N6O2/c1-4-35-20-26(18-31-35)22-6-8-24(9-7-22)29(37)25-14-16-34(17-15-25)30(38)33(3)28-12-10-23(11-13-28)27-19-32-36(5-2)21-27/h6-13,18-21,25H,4-5,14-17H2,1-3H3. The Bertz CT molecular complexity index is 1400. The van der Waals surface area contributed by atoms with Crippen molar-refractivity contribution in [2.75, 3.05) is 25.0 Å². The van der Waals surface area contributed by atoms with E-state index in [-0.39, 0.29) is 17.7 Å². The highest BCUT2D eigenvalue weighted by Crippen LogP contribution is 2.27. The third-order valence-corrected chi connectivity index (χ3v) is 7.43. The number of anilines is 1. The Balaban J connectivity index is 1.16. The van der Waals surface area contributed by atoms with E-state index >= 15 is 0 Å². The second-order valence-corrected chi connectivity index (χ2v) is 9.76. The van der Waals surface area contributed by atoms with Gasteiger partial charge in [-0.3, -0.25) is 19.1 Å². The van der Waals surface area contributed by atoms with Gasteiger partial charge in [-0.25, -0.2) is 4.79 Å². The van der Waals surface area contributed by atoms with Gasteiger partial charge in [0.2, 0.25) is 0 Å². The van der Waals surface area contributed by atoms with Crippen LogP contribution in [0, 0.1) is 5.92 Å². The smallest absolute Gasteiger partial charge is 0.324 e. The lowest BCUT2D eigenvalue weighted by Gasteiger charge is -2.34. The fourth-order valence-corrected chi connectivity index (χ4v) is 4.97. The molecule has 0 N–H and O–H groups in total.